The van der Waals surface area contributed by atoms with Gasteiger partial charge < -0.3 is 5.73 Å². The summed E-state index contributed by atoms with van der Waals surface area (Å²) in [5.41, 5.74) is 4.80. The fourth-order valence-electron chi connectivity index (χ4n) is 0.121. The monoisotopic (exact) mass is 109 g/mol. The molecule has 5 nitrogen and oxygen atoms in total. The number of nitrogens with zero attached hydrogens (tertiary/aromatic N) is 4. The van der Waals surface area contributed by atoms with Crippen molar-refractivity contribution in [3.63, 3.8) is 0 Å². The molecule has 0 aromatic rings. The van der Waals surface area contributed by atoms with Crippen LogP contribution in [-0.2, 0) is 0 Å². The van der Waals surface area contributed by atoms with E-state index in [1.807, 2.05) is 0 Å². The molecule has 0 aliphatic rings. The number of nitrogens with two attached hydrogens (primary N) is 1. The summed E-state index contributed by atoms with van der Waals surface area (Å²) in [5.74, 6) is 0. The Labute approximate surface area is 47.8 Å². The molecule has 0 aliphatic carbocycles. The van der Waals surface area contributed by atoms with Crippen molar-refractivity contribution in [3.05, 3.63) is 0 Å². The van der Waals surface area contributed by atoms with Crippen LogP contribution in [0.5, 0.6) is 0 Å². The highest BCUT2D eigenvalue weighted by atomic mass is 15.2. The lowest BCUT2D eigenvalue weighted by Gasteiger charge is -1.69. The van der Waals surface area contributed by atoms with Gasteiger partial charge in [-0.2, -0.15) is 5.11 Å². The zero-order valence-electron chi connectivity index (χ0n) is 4.10. The highest BCUT2D eigenvalue weighted by Crippen LogP contribution is 1.65. The minimum absolute atomic E-state index is 1.03. The minimum Gasteiger partial charge on any atom is -0.388 e. The summed E-state index contributed by atoms with van der Waals surface area (Å²) in [6.45, 7) is 0. The molecule has 8 heavy (non-hydrogen) atoms. The predicted molar refractivity (Wildman–Crippen MR) is 31.8 cm³/mol. The Morgan fingerprint density at radius 3 is 2.62 bits per heavy atom. The molecular formula is C2H4BN5. The van der Waals surface area contributed by atoms with E-state index in [9.17, 15) is 0 Å². The third-order valence-corrected chi connectivity index (χ3v) is 0.303. The second-order valence-corrected chi connectivity index (χ2v) is 0.726. The van der Waals surface area contributed by atoms with Gasteiger partial charge in [-0.15, -0.1) is 10.2 Å². The third kappa shape index (κ3) is 4.80. The van der Waals surface area contributed by atoms with Crippen molar-refractivity contribution in [2.24, 2.45) is 26.1 Å². The van der Waals surface area contributed by atoms with E-state index in [-0.39, 0.29) is 0 Å². The molecular weight excluding hydrogens is 105 g/mol. The highest BCUT2D eigenvalue weighted by molar-refractivity contribution is 6.05. The molecule has 2 radical (unpaired) electrons. The first-order valence-corrected chi connectivity index (χ1v) is 1.77. The lowest BCUT2D eigenvalue weighted by molar-refractivity contribution is 1.23. The van der Waals surface area contributed by atoms with Gasteiger partial charge in [-0.3, -0.25) is 5.03 Å². The van der Waals surface area contributed by atoms with E-state index >= 15 is 0 Å². The maximum atomic E-state index is 4.80. The van der Waals surface area contributed by atoms with Crippen LogP contribution in [0.2, 0.25) is 0 Å². The van der Waals surface area contributed by atoms with Crippen molar-refractivity contribution in [1.29, 1.82) is 0 Å². The summed E-state index contributed by atoms with van der Waals surface area (Å²) in [6, 6.07) is 0. The summed E-state index contributed by atoms with van der Waals surface area (Å²) in [5, 5.41) is 12.5. The smallest absolute Gasteiger partial charge is 0.293 e. The lowest BCUT2D eigenvalue weighted by atomic mass is 10.5. The largest absolute Gasteiger partial charge is 0.388 e. The predicted octanol–water partition coefficient (Wildman–Crippen LogP) is -0.548. The second-order valence-electron chi connectivity index (χ2n) is 0.726. The van der Waals surface area contributed by atoms with E-state index in [0.717, 1.165) is 12.7 Å². The van der Waals surface area contributed by atoms with Gasteiger partial charge in [0.2, 0.25) is 0 Å². The van der Waals surface area contributed by atoms with Gasteiger partial charge in [-0.05, 0) is 0 Å². The Bertz CT molecular complexity index is 102. The van der Waals surface area contributed by atoms with E-state index in [0.29, 0.717) is 0 Å². The van der Waals surface area contributed by atoms with Gasteiger partial charge in [0.25, 0.3) is 7.98 Å². The Balaban J connectivity index is 3.35. The van der Waals surface area contributed by atoms with Gasteiger partial charge in [0, 0.05) is 0 Å². The van der Waals surface area contributed by atoms with Crippen LogP contribution in [0.15, 0.2) is 20.3 Å². The van der Waals surface area contributed by atoms with Gasteiger partial charge in [0.15, 0.2) is 6.34 Å². The maximum Gasteiger partial charge on any atom is 0.293 e. The first kappa shape index (κ1) is 6.80. The van der Waals surface area contributed by atoms with E-state index in [2.05, 4.69) is 28.3 Å². The molecule has 0 spiro atoms. The summed E-state index contributed by atoms with van der Waals surface area (Å²) < 4.78 is 0. The quantitative estimate of drug-likeness (QED) is 0.167. The molecule has 0 saturated carbocycles. The van der Waals surface area contributed by atoms with Crippen LogP contribution in [0.4, 0.5) is 0 Å². The van der Waals surface area contributed by atoms with Crippen LogP contribution < -0.4 is 5.73 Å². The molecule has 0 saturated heterocycles. The number of hydrogen-bond donors (Lipinski definition) is 1. The summed E-state index contributed by atoms with van der Waals surface area (Å²) in [4.78, 5) is 0. The highest BCUT2D eigenvalue weighted by Gasteiger charge is 1.57. The van der Waals surface area contributed by atoms with Crippen molar-refractivity contribution in [2.45, 2.75) is 0 Å². The maximum absolute atomic E-state index is 4.80. The van der Waals surface area contributed by atoms with E-state index in [4.69, 9.17) is 5.73 Å². The van der Waals surface area contributed by atoms with Crippen LogP contribution in [0.25, 0.3) is 0 Å². The van der Waals surface area contributed by atoms with E-state index in [1.165, 1.54) is 0 Å². The molecule has 0 unspecified atom stereocenters. The van der Waals surface area contributed by atoms with Crippen LogP contribution in [0.3, 0.4) is 0 Å². The van der Waals surface area contributed by atoms with Gasteiger partial charge in [0.05, 0.1) is 0 Å². The van der Waals surface area contributed by atoms with E-state index in [1.54, 1.807) is 0 Å². The van der Waals surface area contributed by atoms with Crippen molar-refractivity contribution >= 4 is 20.7 Å². The van der Waals surface area contributed by atoms with Crippen LogP contribution in [-0.4, -0.2) is 20.7 Å². The molecule has 0 amide bonds. The van der Waals surface area contributed by atoms with Crippen LogP contribution in [0, 0.1) is 0 Å². The van der Waals surface area contributed by atoms with Crippen molar-refractivity contribution in [2.75, 3.05) is 0 Å². The average Bonchev–Trinajstić information content (AvgIpc) is 1.81. The minimum atomic E-state index is 1.03. The molecule has 2 N–H and O–H groups in total. The Hall–Kier alpha value is -1.20. The van der Waals surface area contributed by atoms with E-state index < -0.39 is 0 Å². The molecule has 0 aromatic heterocycles. The SMILES string of the molecule is [B]N=N/C=N/N=CN. The molecule has 40 valence electrons. The molecule has 0 aliphatic heterocycles. The summed E-state index contributed by atoms with van der Waals surface area (Å²) in [7, 11) is 4.59. The normalized spacial score (nSPS) is 12.5. The zero-order valence-corrected chi connectivity index (χ0v) is 4.10. The van der Waals surface area contributed by atoms with Crippen molar-refractivity contribution < 1.29 is 0 Å². The van der Waals surface area contributed by atoms with Crippen molar-refractivity contribution in [3.8, 4) is 0 Å². The zero-order chi connectivity index (χ0) is 6.24. The number of rotatable bonds is 2. The molecule has 0 heterocycles. The Kier molecular flexibility index (Phi) is 4.94. The first-order valence-electron chi connectivity index (χ1n) is 1.77. The molecule has 0 aromatic carbocycles. The van der Waals surface area contributed by atoms with Crippen LogP contribution >= 0.6 is 0 Å². The second kappa shape index (κ2) is 5.80. The van der Waals surface area contributed by atoms with Gasteiger partial charge in [-0.1, -0.05) is 0 Å². The summed E-state index contributed by atoms with van der Waals surface area (Å²) >= 11 is 0. The fraction of sp³-hybridized carbons (Fsp3) is 0. The molecule has 0 rings (SSSR count). The lowest BCUT2D eigenvalue weighted by Crippen LogP contribution is -1.85. The standard InChI is InChI=1S/C2H4BN5/c3-8-7-2-6-5-1-4/h1-2H,(H2,4,5)/b6-2+,8-7?. The topological polar surface area (TPSA) is 75.5 Å². The van der Waals surface area contributed by atoms with Gasteiger partial charge in [-0.25, -0.2) is 0 Å². The molecule has 6 heteroatoms. The summed E-state index contributed by atoms with van der Waals surface area (Å²) in [6.07, 6.45) is 2.10. The molecule has 0 bridgehead atoms. The average molecular weight is 109 g/mol. The fourth-order valence-corrected chi connectivity index (χ4v) is 0.121. The number of hydrogen-bond acceptors (Lipinski definition) is 3. The first-order chi connectivity index (χ1) is 3.91. The van der Waals surface area contributed by atoms with Gasteiger partial charge >= 0.3 is 0 Å². The third-order valence-electron chi connectivity index (χ3n) is 0.303. The molecule has 0 fully saturated rings. The van der Waals surface area contributed by atoms with Gasteiger partial charge in [0.1, 0.15) is 6.34 Å². The molecule has 0 atom stereocenters. The van der Waals surface area contributed by atoms with Crippen molar-refractivity contribution in [1.82, 2.24) is 0 Å². The Morgan fingerprint density at radius 1 is 1.38 bits per heavy atom. The van der Waals surface area contributed by atoms with Crippen LogP contribution in [0.1, 0.15) is 0 Å². The Morgan fingerprint density at radius 2 is 2.12 bits per heavy atom.